The van der Waals surface area contributed by atoms with Crippen LogP contribution in [0.1, 0.15) is 30.9 Å². The van der Waals surface area contributed by atoms with Crippen molar-refractivity contribution in [3.05, 3.63) is 35.4 Å². The van der Waals surface area contributed by atoms with Crippen molar-refractivity contribution < 1.29 is 4.39 Å². The quantitative estimate of drug-likeness (QED) is 0.848. The van der Waals surface area contributed by atoms with Crippen LogP contribution in [0.25, 0.3) is 0 Å². The number of rotatable bonds is 3. The minimum absolute atomic E-state index is 0.199. The average molecular weight is 235 g/mol. The van der Waals surface area contributed by atoms with E-state index in [0.717, 1.165) is 31.5 Å². The number of hydrogen-bond donors (Lipinski definition) is 1. The second kappa shape index (κ2) is 5.18. The average Bonchev–Trinajstić information content (AvgIpc) is 2.33. The lowest BCUT2D eigenvalue weighted by Crippen LogP contribution is -2.40. The third-order valence-corrected chi connectivity index (χ3v) is 3.86. The predicted molar refractivity (Wildman–Crippen MR) is 70.0 cm³/mol. The van der Waals surface area contributed by atoms with Gasteiger partial charge in [0.05, 0.1) is 0 Å². The summed E-state index contributed by atoms with van der Waals surface area (Å²) in [7, 11) is 0. The SMILES string of the molecule is Cc1ccc(CC(C)(F)C2CCNCC2)cc1. The molecule has 1 aromatic rings. The van der Waals surface area contributed by atoms with Crippen LogP contribution >= 0.6 is 0 Å². The molecule has 1 aliphatic heterocycles. The zero-order valence-corrected chi connectivity index (χ0v) is 10.8. The first-order chi connectivity index (χ1) is 8.08. The zero-order chi connectivity index (χ0) is 12.3. The van der Waals surface area contributed by atoms with Crippen LogP contribution in [0.3, 0.4) is 0 Å². The molecule has 1 saturated heterocycles. The molecule has 1 fully saturated rings. The highest BCUT2D eigenvalue weighted by Gasteiger charge is 2.34. The number of halogens is 1. The van der Waals surface area contributed by atoms with Crippen LogP contribution in [0, 0.1) is 12.8 Å². The molecule has 2 rings (SSSR count). The van der Waals surface area contributed by atoms with E-state index in [4.69, 9.17) is 0 Å². The standard InChI is InChI=1S/C15H22FN/c1-12-3-5-13(6-4-12)11-15(2,16)14-7-9-17-10-8-14/h3-6,14,17H,7-11H2,1-2H3. The van der Waals surface area contributed by atoms with Crippen molar-refractivity contribution >= 4 is 0 Å². The van der Waals surface area contributed by atoms with Crippen LogP contribution in [0.2, 0.25) is 0 Å². The molecule has 0 aliphatic carbocycles. The summed E-state index contributed by atoms with van der Waals surface area (Å²) in [5, 5.41) is 3.29. The normalized spacial score (nSPS) is 21.1. The highest BCUT2D eigenvalue weighted by Crippen LogP contribution is 2.32. The number of nitrogens with one attached hydrogen (secondary N) is 1. The molecular weight excluding hydrogens is 213 g/mol. The molecular formula is C15H22FN. The van der Waals surface area contributed by atoms with Crippen LogP contribution < -0.4 is 5.32 Å². The molecule has 0 bridgehead atoms. The molecule has 1 heterocycles. The van der Waals surface area contributed by atoms with E-state index in [1.54, 1.807) is 6.92 Å². The van der Waals surface area contributed by atoms with Crippen molar-refractivity contribution in [2.75, 3.05) is 13.1 Å². The van der Waals surface area contributed by atoms with E-state index in [9.17, 15) is 4.39 Å². The minimum atomic E-state index is -1.07. The summed E-state index contributed by atoms with van der Waals surface area (Å²) >= 11 is 0. The van der Waals surface area contributed by atoms with E-state index in [-0.39, 0.29) is 5.92 Å². The highest BCUT2D eigenvalue weighted by molar-refractivity contribution is 5.22. The van der Waals surface area contributed by atoms with E-state index in [0.29, 0.717) is 6.42 Å². The highest BCUT2D eigenvalue weighted by atomic mass is 19.1. The minimum Gasteiger partial charge on any atom is -0.317 e. The molecule has 1 atom stereocenters. The molecule has 0 radical (unpaired) electrons. The van der Waals surface area contributed by atoms with Gasteiger partial charge in [0.25, 0.3) is 0 Å². The van der Waals surface area contributed by atoms with Gasteiger partial charge >= 0.3 is 0 Å². The molecule has 17 heavy (non-hydrogen) atoms. The fraction of sp³-hybridized carbons (Fsp3) is 0.600. The third-order valence-electron chi connectivity index (χ3n) is 3.86. The van der Waals surface area contributed by atoms with Crippen molar-refractivity contribution in [3.8, 4) is 0 Å². The number of aryl methyl sites for hydroxylation is 1. The molecule has 0 saturated carbocycles. The van der Waals surface area contributed by atoms with Crippen molar-refractivity contribution in [1.29, 1.82) is 0 Å². The second-order valence-electron chi connectivity index (χ2n) is 5.46. The first-order valence-electron chi connectivity index (χ1n) is 6.53. The Hall–Kier alpha value is -0.890. The Kier molecular flexibility index (Phi) is 3.82. The van der Waals surface area contributed by atoms with Gasteiger partial charge in [-0.05, 0) is 51.3 Å². The largest absolute Gasteiger partial charge is 0.317 e. The van der Waals surface area contributed by atoms with Crippen LogP contribution in [0.4, 0.5) is 4.39 Å². The molecule has 0 spiro atoms. The van der Waals surface area contributed by atoms with Gasteiger partial charge in [-0.3, -0.25) is 0 Å². The lowest BCUT2D eigenvalue weighted by molar-refractivity contribution is 0.0796. The zero-order valence-electron chi connectivity index (χ0n) is 10.8. The maximum Gasteiger partial charge on any atom is 0.115 e. The molecule has 1 aromatic carbocycles. The van der Waals surface area contributed by atoms with Gasteiger partial charge < -0.3 is 5.32 Å². The Morgan fingerprint density at radius 2 is 1.82 bits per heavy atom. The lowest BCUT2D eigenvalue weighted by atomic mass is 9.80. The van der Waals surface area contributed by atoms with E-state index < -0.39 is 5.67 Å². The molecule has 0 aromatic heterocycles. The summed E-state index contributed by atoms with van der Waals surface area (Å²) in [5.41, 5.74) is 1.27. The fourth-order valence-electron chi connectivity index (χ4n) is 2.67. The van der Waals surface area contributed by atoms with Crippen molar-refractivity contribution in [3.63, 3.8) is 0 Å². The van der Waals surface area contributed by atoms with E-state index in [1.165, 1.54) is 5.56 Å². The van der Waals surface area contributed by atoms with Gasteiger partial charge in [-0.1, -0.05) is 29.8 Å². The fourth-order valence-corrected chi connectivity index (χ4v) is 2.67. The summed E-state index contributed by atoms with van der Waals surface area (Å²) < 4.78 is 14.7. The van der Waals surface area contributed by atoms with Gasteiger partial charge in [0.2, 0.25) is 0 Å². The van der Waals surface area contributed by atoms with Gasteiger partial charge in [-0.2, -0.15) is 0 Å². The number of hydrogen-bond acceptors (Lipinski definition) is 1. The smallest absolute Gasteiger partial charge is 0.115 e. The molecule has 1 unspecified atom stereocenters. The Bertz CT molecular complexity index is 350. The molecule has 1 N–H and O–H groups in total. The Balaban J connectivity index is 2.02. The first kappa shape index (κ1) is 12.6. The van der Waals surface area contributed by atoms with Gasteiger partial charge in [-0.25, -0.2) is 4.39 Å². The third kappa shape index (κ3) is 3.29. The first-order valence-corrected chi connectivity index (χ1v) is 6.53. The molecule has 0 amide bonds. The molecule has 1 aliphatic rings. The van der Waals surface area contributed by atoms with Gasteiger partial charge in [0, 0.05) is 6.42 Å². The van der Waals surface area contributed by atoms with Crippen LogP contribution in [0.5, 0.6) is 0 Å². The second-order valence-corrected chi connectivity index (χ2v) is 5.46. The maximum atomic E-state index is 14.7. The summed E-state index contributed by atoms with van der Waals surface area (Å²) in [5.74, 6) is 0.199. The lowest BCUT2D eigenvalue weighted by Gasteiger charge is -2.34. The number of benzene rings is 1. The molecule has 2 heteroatoms. The predicted octanol–water partition coefficient (Wildman–Crippen LogP) is 3.27. The van der Waals surface area contributed by atoms with Crippen molar-refractivity contribution in [2.24, 2.45) is 5.92 Å². The topological polar surface area (TPSA) is 12.0 Å². The Morgan fingerprint density at radius 3 is 2.41 bits per heavy atom. The van der Waals surface area contributed by atoms with E-state index in [1.807, 2.05) is 12.1 Å². The van der Waals surface area contributed by atoms with Crippen molar-refractivity contribution in [2.45, 2.75) is 38.8 Å². The van der Waals surface area contributed by atoms with Crippen LogP contribution in [-0.2, 0) is 6.42 Å². The monoisotopic (exact) mass is 235 g/mol. The van der Waals surface area contributed by atoms with Gasteiger partial charge in [-0.15, -0.1) is 0 Å². The molecule has 1 nitrogen and oxygen atoms in total. The summed E-state index contributed by atoms with van der Waals surface area (Å²) in [6, 6.07) is 8.23. The van der Waals surface area contributed by atoms with Crippen LogP contribution in [0.15, 0.2) is 24.3 Å². The molecule has 94 valence electrons. The van der Waals surface area contributed by atoms with Crippen LogP contribution in [-0.4, -0.2) is 18.8 Å². The summed E-state index contributed by atoms with van der Waals surface area (Å²) in [6.45, 7) is 5.74. The van der Waals surface area contributed by atoms with E-state index >= 15 is 0 Å². The van der Waals surface area contributed by atoms with Gasteiger partial charge in [0.1, 0.15) is 5.67 Å². The Morgan fingerprint density at radius 1 is 1.24 bits per heavy atom. The van der Waals surface area contributed by atoms with Gasteiger partial charge in [0.15, 0.2) is 0 Å². The van der Waals surface area contributed by atoms with E-state index in [2.05, 4.69) is 24.4 Å². The number of alkyl halides is 1. The van der Waals surface area contributed by atoms with Crippen molar-refractivity contribution in [1.82, 2.24) is 5.32 Å². The Labute approximate surface area is 103 Å². The maximum absolute atomic E-state index is 14.7. The summed E-state index contributed by atoms with van der Waals surface area (Å²) in [6.07, 6.45) is 2.45. The number of piperidine rings is 1. The summed E-state index contributed by atoms with van der Waals surface area (Å²) in [4.78, 5) is 0.